The summed E-state index contributed by atoms with van der Waals surface area (Å²) in [6.07, 6.45) is 1.53. The van der Waals surface area contributed by atoms with E-state index < -0.39 is 4.92 Å². The number of benzene rings is 1. The molecule has 0 aliphatic carbocycles. The number of anilines is 1. The Kier molecular flexibility index (Phi) is 4.22. The normalized spacial score (nSPS) is 10.9. The second-order valence-corrected chi connectivity index (χ2v) is 6.04. The van der Waals surface area contributed by atoms with Gasteiger partial charge in [0, 0.05) is 23.1 Å². The lowest BCUT2D eigenvalue weighted by molar-refractivity contribution is -0.384. The SMILES string of the molecule is O=[N+]([O-])c1cccc(/C=N/Nc2nc(-c3cccs3)cs2)c1. The molecule has 6 nitrogen and oxygen atoms in total. The van der Waals surface area contributed by atoms with Gasteiger partial charge in [-0.05, 0) is 11.4 Å². The predicted molar refractivity (Wildman–Crippen MR) is 89.7 cm³/mol. The number of nitrogens with zero attached hydrogens (tertiary/aromatic N) is 3. The molecule has 3 rings (SSSR count). The second-order valence-electron chi connectivity index (χ2n) is 4.24. The third-order valence-corrected chi connectivity index (χ3v) is 4.37. The largest absolute Gasteiger partial charge is 0.270 e. The Bertz CT molecular complexity index is 812. The van der Waals surface area contributed by atoms with Crippen molar-refractivity contribution in [3.63, 3.8) is 0 Å². The zero-order valence-electron chi connectivity index (χ0n) is 11.2. The summed E-state index contributed by atoms with van der Waals surface area (Å²) >= 11 is 3.08. The van der Waals surface area contributed by atoms with Gasteiger partial charge in [0.2, 0.25) is 5.13 Å². The number of non-ortho nitro benzene ring substituents is 1. The number of hydrogen-bond acceptors (Lipinski definition) is 7. The Labute approximate surface area is 133 Å². The first kappa shape index (κ1) is 14.4. The van der Waals surface area contributed by atoms with Crippen molar-refractivity contribution >= 4 is 39.7 Å². The van der Waals surface area contributed by atoms with Gasteiger partial charge >= 0.3 is 0 Å². The summed E-state index contributed by atoms with van der Waals surface area (Å²) in [4.78, 5) is 15.8. The van der Waals surface area contributed by atoms with E-state index in [1.54, 1.807) is 23.5 Å². The van der Waals surface area contributed by atoms with Gasteiger partial charge in [-0.25, -0.2) is 4.98 Å². The van der Waals surface area contributed by atoms with E-state index in [1.807, 2.05) is 22.9 Å². The van der Waals surface area contributed by atoms with Crippen molar-refractivity contribution in [3.05, 3.63) is 62.8 Å². The van der Waals surface area contributed by atoms with Crippen LogP contribution in [0.2, 0.25) is 0 Å². The highest BCUT2D eigenvalue weighted by atomic mass is 32.1. The molecule has 0 aliphatic rings. The van der Waals surface area contributed by atoms with Crippen molar-refractivity contribution in [2.75, 3.05) is 5.43 Å². The molecule has 22 heavy (non-hydrogen) atoms. The average molecular weight is 330 g/mol. The lowest BCUT2D eigenvalue weighted by Gasteiger charge is -1.95. The first-order valence-corrected chi connectivity index (χ1v) is 8.01. The second kappa shape index (κ2) is 6.46. The molecule has 0 amide bonds. The van der Waals surface area contributed by atoms with Crippen molar-refractivity contribution in [1.29, 1.82) is 0 Å². The highest BCUT2D eigenvalue weighted by Gasteiger charge is 2.05. The topological polar surface area (TPSA) is 80.4 Å². The van der Waals surface area contributed by atoms with Crippen LogP contribution in [0.3, 0.4) is 0 Å². The van der Waals surface area contributed by atoms with Crippen LogP contribution in [0.25, 0.3) is 10.6 Å². The van der Waals surface area contributed by atoms with Crippen LogP contribution >= 0.6 is 22.7 Å². The molecule has 2 heterocycles. The molecule has 110 valence electrons. The van der Waals surface area contributed by atoms with Crippen LogP contribution in [0.5, 0.6) is 0 Å². The van der Waals surface area contributed by atoms with Crippen LogP contribution in [0.1, 0.15) is 5.56 Å². The molecule has 0 saturated carbocycles. The number of nitro benzene ring substituents is 1. The number of nitro groups is 1. The van der Waals surface area contributed by atoms with Gasteiger partial charge in [-0.3, -0.25) is 15.5 Å². The summed E-state index contributed by atoms with van der Waals surface area (Å²) in [5.74, 6) is 0. The number of hydrogen-bond donors (Lipinski definition) is 1. The van der Waals surface area contributed by atoms with Crippen molar-refractivity contribution < 1.29 is 4.92 Å². The molecule has 0 saturated heterocycles. The number of thiazole rings is 1. The van der Waals surface area contributed by atoms with Crippen molar-refractivity contribution in [1.82, 2.24) is 4.98 Å². The van der Waals surface area contributed by atoms with E-state index in [9.17, 15) is 10.1 Å². The summed E-state index contributed by atoms with van der Waals surface area (Å²) in [5, 5.41) is 19.4. The maximum absolute atomic E-state index is 10.7. The van der Waals surface area contributed by atoms with Gasteiger partial charge in [-0.2, -0.15) is 5.10 Å². The van der Waals surface area contributed by atoms with E-state index in [0.717, 1.165) is 10.6 Å². The molecular formula is C14H10N4O2S2. The van der Waals surface area contributed by atoms with E-state index in [2.05, 4.69) is 15.5 Å². The van der Waals surface area contributed by atoms with E-state index >= 15 is 0 Å². The van der Waals surface area contributed by atoms with Gasteiger partial charge in [0.25, 0.3) is 5.69 Å². The molecule has 0 radical (unpaired) electrons. The van der Waals surface area contributed by atoms with Crippen molar-refractivity contribution in [3.8, 4) is 10.6 Å². The van der Waals surface area contributed by atoms with E-state index in [1.165, 1.54) is 29.7 Å². The molecule has 0 fully saturated rings. The van der Waals surface area contributed by atoms with Crippen LogP contribution in [-0.4, -0.2) is 16.1 Å². The summed E-state index contributed by atoms with van der Waals surface area (Å²) < 4.78 is 0. The molecule has 0 bridgehead atoms. The monoisotopic (exact) mass is 330 g/mol. The Morgan fingerprint density at radius 2 is 2.18 bits per heavy atom. The molecule has 1 N–H and O–H groups in total. The Morgan fingerprint density at radius 3 is 2.95 bits per heavy atom. The van der Waals surface area contributed by atoms with E-state index in [-0.39, 0.29) is 5.69 Å². The predicted octanol–water partition coefficient (Wildman–Crippen LogP) is 4.23. The molecule has 0 unspecified atom stereocenters. The highest BCUT2D eigenvalue weighted by Crippen LogP contribution is 2.28. The van der Waals surface area contributed by atoms with Crippen molar-refractivity contribution in [2.24, 2.45) is 5.10 Å². The van der Waals surface area contributed by atoms with Gasteiger partial charge in [-0.15, -0.1) is 22.7 Å². The molecule has 0 aliphatic heterocycles. The van der Waals surface area contributed by atoms with Crippen LogP contribution in [0.15, 0.2) is 52.3 Å². The lowest BCUT2D eigenvalue weighted by atomic mass is 10.2. The molecule has 3 aromatic rings. The van der Waals surface area contributed by atoms with Gasteiger partial charge in [0.05, 0.1) is 21.7 Å². The number of aromatic nitrogens is 1. The number of nitrogens with one attached hydrogen (secondary N) is 1. The zero-order chi connectivity index (χ0) is 15.4. The summed E-state index contributed by atoms with van der Waals surface area (Å²) in [7, 11) is 0. The number of thiophene rings is 1. The minimum Gasteiger partial charge on any atom is -0.258 e. The summed E-state index contributed by atoms with van der Waals surface area (Å²) in [6.45, 7) is 0. The van der Waals surface area contributed by atoms with Gasteiger partial charge in [-0.1, -0.05) is 18.2 Å². The summed E-state index contributed by atoms with van der Waals surface area (Å²) in [6, 6.07) is 10.3. The molecule has 0 spiro atoms. The van der Waals surface area contributed by atoms with Gasteiger partial charge in [0.1, 0.15) is 0 Å². The van der Waals surface area contributed by atoms with Crippen LogP contribution < -0.4 is 5.43 Å². The smallest absolute Gasteiger partial charge is 0.258 e. The lowest BCUT2D eigenvalue weighted by Crippen LogP contribution is -1.92. The average Bonchev–Trinajstić information content (AvgIpc) is 3.18. The minimum atomic E-state index is -0.432. The fourth-order valence-corrected chi connectivity index (χ4v) is 3.16. The van der Waals surface area contributed by atoms with Crippen molar-refractivity contribution in [2.45, 2.75) is 0 Å². The molecule has 0 atom stereocenters. The minimum absolute atomic E-state index is 0.0400. The van der Waals surface area contributed by atoms with Crippen LogP contribution in [-0.2, 0) is 0 Å². The Balaban J connectivity index is 1.67. The number of rotatable bonds is 5. The summed E-state index contributed by atoms with van der Waals surface area (Å²) in [5.41, 5.74) is 4.44. The third-order valence-electron chi connectivity index (χ3n) is 2.73. The van der Waals surface area contributed by atoms with Gasteiger partial charge < -0.3 is 0 Å². The standard InChI is InChI=1S/C14H10N4O2S2/c19-18(20)11-4-1-3-10(7-11)8-15-17-14-16-12(9-22-14)13-5-2-6-21-13/h1-9H,(H,16,17)/b15-8+. The molecule has 2 aromatic heterocycles. The van der Waals surface area contributed by atoms with Gasteiger partial charge in [0.15, 0.2) is 0 Å². The zero-order valence-corrected chi connectivity index (χ0v) is 12.8. The third kappa shape index (κ3) is 3.35. The van der Waals surface area contributed by atoms with E-state index in [0.29, 0.717) is 10.7 Å². The maximum Gasteiger partial charge on any atom is 0.270 e. The fraction of sp³-hybridized carbons (Fsp3) is 0. The molecule has 8 heteroatoms. The Morgan fingerprint density at radius 1 is 1.27 bits per heavy atom. The van der Waals surface area contributed by atoms with Crippen LogP contribution in [0.4, 0.5) is 10.8 Å². The molecular weight excluding hydrogens is 320 g/mol. The highest BCUT2D eigenvalue weighted by molar-refractivity contribution is 7.15. The fourth-order valence-electron chi connectivity index (χ4n) is 1.74. The van der Waals surface area contributed by atoms with Crippen LogP contribution in [0, 0.1) is 10.1 Å². The first-order valence-electron chi connectivity index (χ1n) is 6.25. The Hall–Kier alpha value is -2.58. The number of hydrazone groups is 1. The first-order chi connectivity index (χ1) is 10.7. The molecule has 1 aromatic carbocycles. The maximum atomic E-state index is 10.7. The quantitative estimate of drug-likeness (QED) is 0.431. The van der Waals surface area contributed by atoms with E-state index in [4.69, 9.17) is 0 Å².